The summed E-state index contributed by atoms with van der Waals surface area (Å²) in [5, 5.41) is 3.55. The minimum Gasteiger partial charge on any atom is -0.493 e. The van der Waals surface area contributed by atoms with Crippen LogP contribution in [0.1, 0.15) is 18.1 Å². The van der Waals surface area contributed by atoms with Gasteiger partial charge in [0, 0.05) is 23.3 Å². The third-order valence-corrected chi connectivity index (χ3v) is 4.64. The molecule has 3 rings (SSSR count). The van der Waals surface area contributed by atoms with Crippen molar-refractivity contribution >= 4 is 22.7 Å². The van der Waals surface area contributed by atoms with E-state index in [9.17, 15) is 4.79 Å². The van der Waals surface area contributed by atoms with Crippen LogP contribution in [-0.4, -0.2) is 31.9 Å². The van der Waals surface area contributed by atoms with Gasteiger partial charge in [-0.3, -0.25) is 10.3 Å². The highest BCUT2D eigenvalue weighted by molar-refractivity contribution is 5.89. The summed E-state index contributed by atoms with van der Waals surface area (Å²) in [4.78, 5) is 16.4. The number of rotatable bonds is 7. The largest absolute Gasteiger partial charge is 0.493 e. The molecule has 0 fully saturated rings. The number of aryl methyl sites for hydroxylation is 2. The van der Waals surface area contributed by atoms with Crippen LogP contribution < -0.4 is 19.5 Å². The number of benzene rings is 2. The minimum absolute atomic E-state index is 0.175. The average molecular weight is 422 g/mol. The van der Waals surface area contributed by atoms with Crippen molar-refractivity contribution in [1.29, 1.82) is 0 Å². The molecular weight excluding hydrogens is 396 g/mol. The Bertz CT molecular complexity index is 1140. The summed E-state index contributed by atoms with van der Waals surface area (Å²) in [5.74, 6) is 2.49. The smallest absolute Gasteiger partial charge is 0.411 e. The first-order valence-corrected chi connectivity index (χ1v) is 9.70. The molecule has 3 aromatic rings. The first kappa shape index (κ1) is 22.0. The standard InChI is InChI=1S/C24H26N2O5/c1-14(2)13-30-24(27)26-18-9-16(4)21(10-15(18)3)31-20-7-8-25-19-12-23(29-6)22(28-5)11-17(19)20/h7-12H,1,13H2,2-6H3,(H,26,27). The van der Waals surface area contributed by atoms with E-state index < -0.39 is 6.09 Å². The van der Waals surface area contributed by atoms with Crippen molar-refractivity contribution in [3.63, 3.8) is 0 Å². The van der Waals surface area contributed by atoms with Gasteiger partial charge in [0.2, 0.25) is 0 Å². The van der Waals surface area contributed by atoms with Crippen LogP contribution >= 0.6 is 0 Å². The number of hydrogen-bond acceptors (Lipinski definition) is 6. The van der Waals surface area contributed by atoms with E-state index >= 15 is 0 Å². The Morgan fingerprint density at radius 3 is 2.39 bits per heavy atom. The highest BCUT2D eigenvalue weighted by atomic mass is 16.5. The number of amides is 1. The number of nitrogens with one attached hydrogen (secondary N) is 1. The molecule has 0 aliphatic heterocycles. The fourth-order valence-corrected chi connectivity index (χ4v) is 3.02. The van der Waals surface area contributed by atoms with Gasteiger partial charge in [-0.2, -0.15) is 0 Å². The molecule has 1 aromatic heterocycles. The van der Waals surface area contributed by atoms with E-state index in [1.165, 1.54) is 0 Å². The quantitative estimate of drug-likeness (QED) is 0.486. The van der Waals surface area contributed by atoms with Gasteiger partial charge in [-0.05, 0) is 61.7 Å². The molecule has 0 spiro atoms. The molecule has 31 heavy (non-hydrogen) atoms. The van der Waals surface area contributed by atoms with Crippen LogP contribution in [0.2, 0.25) is 0 Å². The summed E-state index contributed by atoms with van der Waals surface area (Å²) in [5.41, 5.74) is 3.84. The molecular formula is C24H26N2O5. The molecule has 1 N–H and O–H groups in total. The summed E-state index contributed by atoms with van der Waals surface area (Å²) in [6.45, 7) is 9.49. The molecule has 162 valence electrons. The monoisotopic (exact) mass is 422 g/mol. The van der Waals surface area contributed by atoms with Crippen LogP contribution in [0.4, 0.5) is 10.5 Å². The average Bonchev–Trinajstić information content (AvgIpc) is 2.74. The number of hydrogen-bond donors (Lipinski definition) is 1. The molecule has 0 atom stereocenters. The van der Waals surface area contributed by atoms with E-state index in [2.05, 4.69) is 16.9 Å². The molecule has 0 unspecified atom stereocenters. The normalized spacial score (nSPS) is 10.5. The fraction of sp³-hybridized carbons (Fsp3) is 0.250. The first-order chi connectivity index (χ1) is 14.8. The molecule has 1 amide bonds. The Morgan fingerprint density at radius 2 is 1.71 bits per heavy atom. The molecule has 7 nitrogen and oxygen atoms in total. The lowest BCUT2D eigenvalue weighted by molar-refractivity contribution is 0.171. The second-order valence-corrected chi connectivity index (χ2v) is 7.23. The summed E-state index contributed by atoms with van der Waals surface area (Å²) in [7, 11) is 3.17. The number of carbonyl (C=O) groups excluding carboxylic acids is 1. The number of carbonyl (C=O) groups is 1. The van der Waals surface area contributed by atoms with E-state index in [0.717, 1.165) is 27.6 Å². The van der Waals surface area contributed by atoms with Gasteiger partial charge in [-0.25, -0.2) is 4.79 Å². The van der Waals surface area contributed by atoms with Crippen molar-refractivity contribution in [3.05, 3.63) is 59.8 Å². The lowest BCUT2D eigenvalue weighted by Crippen LogP contribution is -2.15. The summed E-state index contributed by atoms with van der Waals surface area (Å²) in [6, 6.07) is 9.16. The molecule has 0 bridgehead atoms. The number of nitrogens with zero attached hydrogens (tertiary/aromatic N) is 1. The van der Waals surface area contributed by atoms with Gasteiger partial charge in [0.25, 0.3) is 0 Å². The summed E-state index contributed by atoms with van der Waals surface area (Å²) in [6.07, 6.45) is 1.15. The Hall–Kier alpha value is -3.74. The second kappa shape index (κ2) is 9.38. The molecule has 1 heterocycles. The Balaban J connectivity index is 1.89. The third kappa shape index (κ3) is 5.06. The summed E-state index contributed by atoms with van der Waals surface area (Å²) < 4.78 is 22.1. The van der Waals surface area contributed by atoms with Crippen molar-refractivity contribution in [3.8, 4) is 23.0 Å². The van der Waals surface area contributed by atoms with Crippen molar-refractivity contribution < 1.29 is 23.7 Å². The predicted octanol–water partition coefficient (Wildman–Crippen LogP) is 5.79. The van der Waals surface area contributed by atoms with E-state index in [-0.39, 0.29) is 6.61 Å². The van der Waals surface area contributed by atoms with E-state index in [0.29, 0.717) is 28.7 Å². The number of methoxy groups -OCH3 is 2. The Labute approximate surface area is 181 Å². The predicted molar refractivity (Wildman–Crippen MR) is 121 cm³/mol. The number of aromatic nitrogens is 1. The van der Waals surface area contributed by atoms with Crippen LogP contribution in [0.5, 0.6) is 23.0 Å². The molecule has 0 saturated carbocycles. The van der Waals surface area contributed by atoms with E-state index in [4.69, 9.17) is 18.9 Å². The van der Waals surface area contributed by atoms with Gasteiger partial charge < -0.3 is 18.9 Å². The lowest BCUT2D eigenvalue weighted by Gasteiger charge is -2.16. The Kier molecular flexibility index (Phi) is 6.65. The van der Waals surface area contributed by atoms with E-state index in [1.54, 1.807) is 33.4 Å². The molecule has 0 aliphatic rings. The van der Waals surface area contributed by atoms with Crippen LogP contribution in [0, 0.1) is 13.8 Å². The zero-order chi connectivity index (χ0) is 22.5. The van der Waals surface area contributed by atoms with Gasteiger partial charge in [-0.15, -0.1) is 0 Å². The van der Waals surface area contributed by atoms with Crippen LogP contribution in [0.3, 0.4) is 0 Å². The van der Waals surface area contributed by atoms with Crippen molar-refractivity contribution in [2.24, 2.45) is 0 Å². The maximum absolute atomic E-state index is 12.0. The zero-order valence-electron chi connectivity index (χ0n) is 18.4. The molecule has 2 aromatic carbocycles. The molecule has 7 heteroatoms. The molecule has 0 aliphatic carbocycles. The van der Waals surface area contributed by atoms with Gasteiger partial charge >= 0.3 is 6.09 Å². The second-order valence-electron chi connectivity index (χ2n) is 7.23. The van der Waals surface area contributed by atoms with Crippen molar-refractivity contribution in [1.82, 2.24) is 4.98 Å². The van der Waals surface area contributed by atoms with Gasteiger partial charge in [0.1, 0.15) is 18.1 Å². The van der Waals surface area contributed by atoms with Gasteiger partial charge in [0.15, 0.2) is 11.5 Å². The number of anilines is 1. The van der Waals surface area contributed by atoms with Crippen LogP contribution in [0.25, 0.3) is 10.9 Å². The molecule has 0 saturated heterocycles. The highest BCUT2D eigenvalue weighted by Crippen LogP contribution is 2.38. The maximum atomic E-state index is 12.0. The Morgan fingerprint density at radius 1 is 1.00 bits per heavy atom. The van der Waals surface area contributed by atoms with Crippen molar-refractivity contribution in [2.75, 3.05) is 26.1 Å². The molecule has 0 radical (unpaired) electrons. The summed E-state index contributed by atoms with van der Waals surface area (Å²) >= 11 is 0. The number of pyridine rings is 1. The topological polar surface area (TPSA) is 78.9 Å². The van der Waals surface area contributed by atoms with Crippen LogP contribution in [-0.2, 0) is 4.74 Å². The number of fused-ring (bicyclic) bond motifs is 1. The maximum Gasteiger partial charge on any atom is 0.411 e. The van der Waals surface area contributed by atoms with E-state index in [1.807, 2.05) is 38.1 Å². The van der Waals surface area contributed by atoms with Crippen molar-refractivity contribution in [2.45, 2.75) is 20.8 Å². The minimum atomic E-state index is -0.527. The highest BCUT2D eigenvalue weighted by Gasteiger charge is 2.14. The van der Waals surface area contributed by atoms with Gasteiger partial charge in [-0.1, -0.05) is 6.58 Å². The van der Waals surface area contributed by atoms with Crippen LogP contribution in [0.15, 0.2) is 48.7 Å². The first-order valence-electron chi connectivity index (χ1n) is 9.70. The zero-order valence-corrected chi connectivity index (χ0v) is 18.4. The van der Waals surface area contributed by atoms with Gasteiger partial charge in [0.05, 0.1) is 19.7 Å². The fourth-order valence-electron chi connectivity index (χ4n) is 3.02. The lowest BCUT2D eigenvalue weighted by atomic mass is 10.1. The third-order valence-electron chi connectivity index (χ3n) is 4.64. The number of ether oxygens (including phenoxy) is 4. The SMILES string of the molecule is C=C(C)COC(=O)Nc1cc(C)c(Oc2ccnc3cc(OC)c(OC)cc23)cc1C.